The maximum Gasteiger partial charge on any atom is 0.337 e. The maximum absolute atomic E-state index is 11.5. The fraction of sp³-hybridized carbons (Fsp3) is 0.368. The maximum atomic E-state index is 11.5. The molecule has 5 nitrogen and oxygen atoms in total. The van der Waals surface area contributed by atoms with Gasteiger partial charge in [0.25, 0.3) is 0 Å². The van der Waals surface area contributed by atoms with E-state index in [0.717, 1.165) is 26.2 Å². The van der Waals surface area contributed by atoms with Crippen LogP contribution in [0.2, 0.25) is 0 Å². The second-order valence-corrected chi connectivity index (χ2v) is 6.06. The fourth-order valence-corrected chi connectivity index (χ4v) is 2.43. The molecule has 0 aliphatic carbocycles. The number of likely N-dealkylation sites (N-methyl/N-ethyl adjacent to an activating group) is 1. The number of nitrogens with zero attached hydrogens (tertiary/aromatic N) is 3. The lowest BCUT2D eigenvalue weighted by Gasteiger charge is -2.24. The molecule has 1 aromatic heterocycles. The second-order valence-electron chi connectivity index (χ2n) is 6.06. The van der Waals surface area contributed by atoms with E-state index >= 15 is 0 Å². The predicted molar refractivity (Wildman–Crippen MR) is 94.7 cm³/mol. The van der Waals surface area contributed by atoms with Crippen LogP contribution in [0, 0.1) is 0 Å². The van der Waals surface area contributed by atoms with Gasteiger partial charge < -0.3 is 9.64 Å². The van der Waals surface area contributed by atoms with Crippen molar-refractivity contribution in [3.05, 3.63) is 65.5 Å². The monoisotopic (exact) mass is 327 g/mol. The topological polar surface area (TPSA) is 45.7 Å². The highest BCUT2D eigenvalue weighted by atomic mass is 16.5. The Kier molecular flexibility index (Phi) is 6.90. The fourth-order valence-electron chi connectivity index (χ4n) is 2.43. The average molecular weight is 327 g/mol. The molecule has 1 aromatic carbocycles. The Hall–Kier alpha value is -2.24. The molecule has 0 unspecified atom stereocenters. The van der Waals surface area contributed by atoms with Crippen LogP contribution in [-0.2, 0) is 17.8 Å². The van der Waals surface area contributed by atoms with E-state index in [4.69, 9.17) is 4.74 Å². The van der Waals surface area contributed by atoms with Gasteiger partial charge in [-0.05, 0) is 43.4 Å². The van der Waals surface area contributed by atoms with Crippen LogP contribution in [0.15, 0.2) is 48.8 Å². The summed E-state index contributed by atoms with van der Waals surface area (Å²) in [5, 5.41) is 0. The lowest BCUT2D eigenvalue weighted by atomic mass is 10.1. The Morgan fingerprint density at radius 1 is 1.04 bits per heavy atom. The first-order valence-corrected chi connectivity index (χ1v) is 8.01. The molecule has 0 spiro atoms. The molecule has 0 N–H and O–H groups in total. The van der Waals surface area contributed by atoms with Gasteiger partial charge in [-0.3, -0.25) is 9.88 Å². The van der Waals surface area contributed by atoms with Crippen molar-refractivity contribution in [3.63, 3.8) is 0 Å². The standard InChI is InChI=1S/C19H25N3O2/c1-21(2)11-12-22(15-17-5-4-10-20-13-17)14-16-6-8-18(9-7-16)19(23)24-3/h4-10,13H,11-12,14-15H2,1-3H3. The van der Waals surface area contributed by atoms with E-state index < -0.39 is 0 Å². The van der Waals surface area contributed by atoms with Crippen molar-refractivity contribution in [3.8, 4) is 0 Å². The summed E-state index contributed by atoms with van der Waals surface area (Å²) in [4.78, 5) is 20.3. The molecule has 0 amide bonds. The molecule has 5 heteroatoms. The van der Waals surface area contributed by atoms with Crippen LogP contribution in [0.4, 0.5) is 0 Å². The molecular weight excluding hydrogens is 302 g/mol. The van der Waals surface area contributed by atoms with Crippen LogP contribution in [0.25, 0.3) is 0 Å². The summed E-state index contributed by atoms with van der Waals surface area (Å²) >= 11 is 0. The van der Waals surface area contributed by atoms with Crippen molar-refractivity contribution >= 4 is 5.97 Å². The molecule has 0 radical (unpaired) electrons. The van der Waals surface area contributed by atoms with Gasteiger partial charge >= 0.3 is 5.97 Å². The van der Waals surface area contributed by atoms with Crippen molar-refractivity contribution in [2.75, 3.05) is 34.3 Å². The van der Waals surface area contributed by atoms with Crippen molar-refractivity contribution in [2.45, 2.75) is 13.1 Å². The number of methoxy groups -OCH3 is 1. The first-order chi connectivity index (χ1) is 11.6. The SMILES string of the molecule is COC(=O)c1ccc(CN(CCN(C)C)Cc2cccnc2)cc1. The molecular formula is C19H25N3O2. The van der Waals surface area contributed by atoms with Crippen LogP contribution in [0.1, 0.15) is 21.5 Å². The molecule has 2 aromatic rings. The third-order valence-corrected chi connectivity index (χ3v) is 3.77. The zero-order valence-electron chi connectivity index (χ0n) is 14.6. The first kappa shape index (κ1) is 18.1. The van der Waals surface area contributed by atoms with Gasteiger partial charge in [0.1, 0.15) is 0 Å². The molecule has 0 saturated heterocycles. The highest BCUT2D eigenvalue weighted by Gasteiger charge is 2.10. The molecule has 0 bridgehead atoms. The number of benzene rings is 1. The van der Waals surface area contributed by atoms with Crippen molar-refractivity contribution in [1.82, 2.24) is 14.8 Å². The number of ether oxygens (including phenoxy) is 1. The number of aromatic nitrogens is 1. The Bertz CT molecular complexity index is 627. The predicted octanol–water partition coefficient (Wildman–Crippen LogP) is 2.43. The number of pyridine rings is 1. The number of hydrogen-bond acceptors (Lipinski definition) is 5. The minimum absolute atomic E-state index is 0.304. The normalized spacial score (nSPS) is 11.0. The molecule has 0 aliphatic rings. The summed E-state index contributed by atoms with van der Waals surface area (Å²) in [6.45, 7) is 3.62. The smallest absolute Gasteiger partial charge is 0.337 e. The van der Waals surface area contributed by atoms with E-state index in [1.165, 1.54) is 18.2 Å². The van der Waals surface area contributed by atoms with E-state index in [1.54, 1.807) is 6.20 Å². The van der Waals surface area contributed by atoms with Crippen LogP contribution in [0.5, 0.6) is 0 Å². The molecule has 0 aliphatic heterocycles. The number of carbonyl (C=O) groups is 1. The van der Waals surface area contributed by atoms with Gasteiger partial charge in [-0.15, -0.1) is 0 Å². The van der Waals surface area contributed by atoms with Crippen LogP contribution >= 0.6 is 0 Å². The van der Waals surface area contributed by atoms with Crippen molar-refractivity contribution in [2.24, 2.45) is 0 Å². The van der Waals surface area contributed by atoms with Gasteiger partial charge in [0.15, 0.2) is 0 Å². The van der Waals surface area contributed by atoms with Crippen LogP contribution in [-0.4, -0.2) is 55.0 Å². The summed E-state index contributed by atoms with van der Waals surface area (Å²) < 4.78 is 4.74. The van der Waals surface area contributed by atoms with E-state index in [-0.39, 0.29) is 5.97 Å². The zero-order valence-corrected chi connectivity index (χ0v) is 14.6. The molecule has 24 heavy (non-hydrogen) atoms. The Balaban J connectivity index is 2.04. The number of rotatable bonds is 8. The molecule has 1 heterocycles. The third-order valence-electron chi connectivity index (χ3n) is 3.77. The van der Waals surface area contributed by atoms with Crippen molar-refractivity contribution in [1.29, 1.82) is 0 Å². The van der Waals surface area contributed by atoms with Gasteiger partial charge in [-0.25, -0.2) is 4.79 Å². The van der Waals surface area contributed by atoms with E-state index in [2.05, 4.69) is 34.9 Å². The third kappa shape index (κ3) is 5.76. The quantitative estimate of drug-likeness (QED) is 0.697. The van der Waals surface area contributed by atoms with E-state index in [9.17, 15) is 4.79 Å². The van der Waals surface area contributed by atoms with E-state index in [1.807, 2.05) is 36.5 Å². The highest BCUT2D eigenvalue weighted by Crippen LogP contribution is 2.11. The zero-order chi connectivity index (χ0) is 17.4. The van der Waals surface area contributed by atoms with Crippen LogP contribution in [0.3, 0.4) is 0 Å². The highest BCUT2D eigenvalue weighted by molar-refractivity contribution is 5.89. The van der Waals surface area contributed by atoms with Crippen LogP contribution < -0.4 is 0 Å². The summed E-state index contributed by atoms with van der Waals surface area (Å²) in [7, 11) is 5.55. The summed E-state index contributed by atoms with van der Waals surface area (Å²) in [5.41, 5.74) is 2.95. The van der Waals surface area contributed by atoms with Crippen molar-refractivity contribution < 1.29 is 9.53 Å². The van der Waals surface area contributed by atoms with Gasteiger partial charge in [0.05, 0.1) is 12.7 Å². The molecule has 2 rings (SSSR count). The average Bonchev–Trinajstić information content (AvgIpc) is 2.60. The summed E-state index contributed by atoms with van der Waals surface area (Å²) in [6, 6.07) is 11.7. The van der Waals surface area contributed by atoms with Gasteiger partial charge in [0, 0.05) is 38.6 Å². The largest absolute Gasteiger partial charge is 0.465 e. The lowest BCUT2D eigenvalue weighted by Crippen LogP contribution is -2.31. The van der Waals surface area contributed by atoms with Gasteiger partial charge in [-0.2, -0.15) is 0 Å². The number of carbonyl (C=O) groups excluding carboxylic acids is 1. The Morgan fingerprint density at radius 3 is 2.33 bits per heavy atom. The number of esters is 1. The lowest BCUT2D eigenvalue weighted by molar-refractivity contribution is 0.0600. The van der Waals surface area contributed by atoms with Gasteiger partial charge in [0.2, 0.25) is 0 Å². The summed E-state index contributed by atoms with van der Waals surface area (Å²) in [5.74, 6) is -0.304. The Morgan fingerprint density at radius 2 is 1.75 bits per heavy atom. The van der Waals surface area contributed by atoms with E-state index in [0.29, 0.717) is 5.56 Å². The van der Waals surface area contributed by atoms with Gasteiger partial charge in [-0.1, -0.05) is 18.2 Å². The number of hydrogen-bond donors (Lipinski definition) is 0. The minimum Gasteiger partial charge on any atom is -0.465 e. The minimum atomic E-state index is -0.304. The summed E-state index contributed by atoms with van der Waals surface area (Å²) in [6.07, 6.45) is 3.70. The first-order valence-electron chi connectivity index (χ1n) is 8.01. The Labute approximate surface area is 143 Å². The molecule has 0 saturated carbocycles. The molecule has 128 valence electrons. The second kappa shape index (κ2) is 9.15. The molecule has 0 fully saturated rings. The molecule has 0 atom stereocenters.